The molecule has 0 spiro atoms. The van der Waals surface area contributed by atoms with Crippen molar-refractivity contribution in [3.8, 4) is 5.75 Å². The maximum Gasteiger partial charge on any atom is 0.339 e. The van der Waals surface area contributed by atoms with Crippen molar-refractivity contribution in [1.29, 1.82) is 0 Å². The van der Waals surface area contributed by atoms with Gasteiger partial charge < -0.3 is 14.8 Å². The third-order valence-electron chi connectivity index (χ3n) is 3.81. The number of hydrogen-bond acceptors (Lipinski definition) is 4. The predicted molar refractivity (Wildman–Crippen MR) is 101 cm³/mol. The van der Waals surface area contributed by atoms with Gasteiger partial charge >= 0.3 is 5.97 Å². The molecule has 5 nitrogen and oxygen atoms in total. The molecule has 0 aromatic heterocycles. The van der Waals surface area contributed by atoms with Crippen molar-refractivity contribution in [1.82, 2.24) is 0 Å². The SMILES string of the molecule is COc1ccc(C(=O)OCC(=O)Nc2ccccc2Cl)c2ccccc12. The van der Waals surface area contributed by atoms with Crippen LogP contribution in [-0.2, 0) is 9.53 Å². The minimum atomic E-state index is -0.585. The number of anilines is 1. The number of hydrogen-bond donors (Lipinski definition) is 1. The summed E-state index contributed by atoms with van der Waals surface area (Å²) in [6.07, 6.45) is 0. The first-order chi connectivity index (χ1) is 12.6. The van der Waals surface area contributed by atoms with E-state index in [0.29, 0.717) is 27.4 Å². The normalized spacial score (nSPS) is 10.4. The lowest BCUT2D eigenvalue weighted by Gasteiger charge is -2.11. The number of rotatable bonds is 5. The number of amides is 1. The van der Waals surface area contributed by atoms with Crippen molar-refractivity contribution in [2.45, 2.75) is 0 Å². The van der Waals surface area contributed by atoms with Gasteiger partial charge in [0.2, 0.25) is 0 Å². The molecular weight excluding hydrogens is 354 g/mol. The minimum absolute atomic E-state index is 0.368. The highest BCUT2D eigenvalue weighted by atomic mass is 35.5. The summed E-state index contributed by atoms with van der Waals surface area (Å²) >= 11 is 5.99. The molecular formula is C20H16ClNO4. The third kappa shape index (κ3) is 3.78. The van der Waals surface area contributed by atoms with Crippen molar-refractivity contribution in [3.63, 3.8) is 0 Å². The number of halogens is 1. The van der Waals surface area contributed by atoms with E-state index in [2.05, 4.69) is 5.32 Å². The summed E-state index contributed by atoms with van der Waals surface area (Å²) in [7, 11) is 1.57. The van der Waals surface area contributed by atoms with E-state index in [9.17, 15) is 9.59 Å². The van der Waals surface area contributed by atoms with E-state index in [1.54, 1.807) is 49.6 Å². The van der Waals surface area contributed by atoms with E-state index in [1.807, 2.05) is 18.2 Å². The molecule has 6 heteroatoms. The molecule has 0 heterocycles. The molecule has 0 unspecified atom stereocenters. The smallest absolute Gasteiger partial charge is 0.339 e. The Hall–Kier alpha value is -3.05. The first kappa shape index (κ1) is 17.8. The Morgan fingerprint density at radius 3 is 2.38 bits per heavy atom. The lowest BCUT2D eigenvalue weighted by Crippen LogP contribution is -2.21. The first-order valence-corrected chi connectivity index (χ1v) is 8.25. The van der Waals surface area contributed by atoms with Crippen LogP contribution in [-0.4, -0.2) is 25.6 Å². The fourth-order valence-corrected chi connectivity index (χ4v) is 2.77. The van der Waals surface area contributed by atoms with E-state index < -0.39 is 18.5 Å². The molecule has 26 heavy (non-hydrogen) atoms. The highest BCUT2D eigenvalue weighted by Crippen LogP contribution is 2.28. The van der Waals surface area contributed by atoms with Crippen molar-refractivity contribution in [2.75, 3.05) is 19.0 Å². The average Bonchev–Trinajstić information content (AvgIpc) is 2.67. The lowest BCUT2D eigenvalue weighted by molar-refractivity contribution is -0.119. The molecule has 3 rings (SSSR count). The summed E-state index contributed by atoms with van der Waals surface area (Å²) in [5, 5.41) is 4.51. The Kier molecular flexibility index (Phi) is 5.39. The van der Waals surface area contributed by atoms with E-state index in [4.69, 9.17) is 21.1 Å². The zero-order valence-electron chi connectivity index (χ0n) is 14.0. The Labute approximate surface area is 155 Å². The van der Waals surface area contributed by atoms with E-state index in [0.717, 1.165) is 5.39 Å². The number of carbonyl (C=O) groups is 2. The molecule has 1 amide bonds. The number of ether oxygens (including phenoxy) is 2. The fourth-order valence-electron chi connectivity index (χ4n) is 2.59. The molecule has 0 atom stereocenters. The molecule has 0 bridgehead atoms. The van der Waals surface area contributed by atoms with Crippen LogP contribution in [0.15, 0.2) is 60.7 Å². The average molecular weight is 370 g/mol. The van der Waals surface area contributed by atoms with Gasteiger partial charge in [-0.2, -0.15) is 0 Å². The molecule has 0 radical (unpaired) electrons. The molecule has 3 aromatic rings. The van der Waals surface area contributed by atoms with Crippen LogP contribution in [0.1, 0.15) is 10.4 Å². The van der Waals surface area contributed by atoms with E-state index in [-0.39, 0.29) is 0 Å². The zero-order valence-corrected chi connectivity index (χ0v) is 14.7. The highest BCUT2D eigenvalue weighted by Gasteiger charge is 2.15. The van der Waals surface area contributed by atoms with Gasteiger partial charge in [0.05, 0.1) is 23.4 Å². The van der Waals surface area contributed by atoms with Crippen LogP contribution in [0.2, 0.25) is 5.02 Å². The van der Waals surface area contributed by atoms with Gasteiger partial charge in [-0.15, -0.1) is 0 Å². The van der Waals surface area contributed by atoms with Crippen molar-refractivity contribution in [3.05, 3.63) is 71.2 Å². The monoisotopic (exact) mass is 369 g/mol. The van der Waals surface area contributed by atoms with Crippen LogP contribution < -0.4 is 10.1 Å². The largest absolute Gasteiger partial charge is 0.496 e. The molecule has 1 N–H and O–H groups in total. The number of methoxy groups -OCH3 is 1. The second-order valence-electron chi connectivity index (χ2n) is 5.47. The maximum absolute atomic E-state index is 12.4. The first-order valence-electron chi connectivity index (χ1n) is 7.87. The van der Waals surface area contributed by atoms with Gasteiger partial charge in [0, 0.05) is 5.39 Å². The molecule has 0 aliphatic carbocycles. The number of benzene rings is 3. The van der Waals surface area contributed by atoms with E-state index in [1.165, 1.54) is 0 Å². The topological polar surface area (TPSA) is 64.6 Å². The summed E-state index contributed by atoms with van der Waals surface area (Å²) in [6, 6.07) is 17.5. The summed E-state index contributed by atoms with van der Waals surface area (Å²) in [5.41, 5.74) is 0.831. The van der Waals surface area contributed by atoms with Gasteiger partial charge in [0.25, 0.3) is 5.91 Å². The summed E-state index contributed by atoms with van der Waals surface area (Å²) in [4.78, 5) is 24.4. The lowest BCUT2D eigenvalue weighted by atomic mass is 10.0. The number of esters is 1. The summed E-state index contributed by atoms with van der Waals surface area (Å²) in [5.74, 6) is -0.393. The molecule has 0 fully saturated rings. The van der Waals surface area contributed by atoms with E-state index >= 15 is 0 Å². The minimum Gasteiger partial charge on any atom is -0.496 e. The van der Waals surface area contributed by atoms with Crippen LogP contribution in [0.3, 0.4) is 0 Å². The van der Waals surface area contributed by atoms with Crippen LogP contribution in [0.5, 0.6) is 5.75 Å². The van der Waals surface area contributed by atoms with Crippen molar-refractivity contribution < 1.29 is 19.1 Å². The number of fused-ring (bicyclic) bond motifs is 1. The van der Waals surface area contributed by atoms with Gasteiger partial charge in [-0.05, 0) is 29.7 Å². The molecule has 0 aliphatic rings. The molecule has 0 saturated carbocycles. The third-order valence-corrected chi connectivity index (χ3v) is 4.14. The molecule has 0 saturated heterocycles. The summed E-state index contributed by atoms with van der Waals surface area (Å²) in [6.45, 7) is -0.412. The quantitative estimate of drug-likeness (QED) is 0.681. The molecule has 0 aliphatic heterocycles. The van der Waals surface area contributed by atoms with Gasteiger partial charge in [-0.3, -0.25) is 4.79 Å². The number of para-hydroxylation sites is 1. The Morgan fingerprint density at radius 2 is 1.65 bits per heavy atom. The Balaban J connectivity index is 1.72. The predicted octanol–water partition coefficient (Wildman–Crippen LogP) is 4.30. The maximum atomic E-state index is 12.4. The highest BCUT2D eigenvalue weighted by molar-refractivity contribution is 6.33. The van der Waals surface area contributed by atoms with Crippen LogP contribution in [0, 0.1) is 0 Å². The molecule has 3 aromatic carbocycles. The Bertz CT molecular complexity index is 971. The Morgan fingerprint density at radius 1 is 0.962 bits per heavy atom. The van der Waals surface area contributed by atoms with Gasteiger partial charge in [-0.1, -0.05) is 48.0 Å². The van der Waals surface area contributed by atoms with Crippen LogP contribution in [0.25, 0.3) is 10.8 Å². The van der Waals surface area contributed by atoms with Crippen molar-refractivity contribution in [2.24, 2.45) is 0 Å². The zero-order chi connectivity index (χ0) is 18.5. The second kappa shape index (κ2) is 7.89. The van der Waals surface area contributed by atoms with Gasteiger partial charge in [-0.25, -0.2) is 4.79 Å². The number of carbonyl (C=O) groups excluding carboxylic acids is 2. The van der Waals surface area contributed by atoms with Gasteiger partial charge in [0.15, 0.2) is 6.61 Å². The standard InChI is InChI=1S/C20H16ClNO4/c1-25-18-11-10-15(13-6-2-3-7-14(13)18)20(24)26-12-19(23)22-17-9-5-4-8-16(17)21/h2-11H,12H2,1H3,(H,22,23). The van der Waals surface area contributed by atoms with Gasteiger partial charge in [0.1, 0.15) is 5.75 Å². The van der Waals surface area contributed by atoms with Crippen LogP contribution >= 0.6 is 11.6 Å². The molecule has 132 valence electrons. The van der Waals surface area contributed by atoms with Crippen molar-refractivity contribution >= 4 is 39.9 Å². The fraction of sp³-hybridized carbons (Fsp3) is 0.100. The summed E-state index contributed by atoms with van der Waals surface area (Å²) < 4.78 is 10.5. The second-order valence-corrected chi connectivity index (χ2v) is 5.87. The number of nitrogens with one attached hydrogen (secondary N) is 1. The van der Waals surface area contributed by atoms with Crippen LogP contribution in [0.4, 0.5) is 5.69 Å².